The minimum absolute atomic E-state index is 0.209. The Morgan fingerprint density at radius 3 is 2.43 bits per heavy atom. The first kappa shape index (κ1) is 19.2. The zero-order chi connectivity index (χ0) is 20.1. The molecule has 0 spiro atoms. The van der Waals surface area contributed by atoms with Crippen LogP contribution in [0, 0.1) is 6.92 Å². The summed E-state index contributed by atoms with van der Waals surface area (Å²) in [5, 5.41) is 0.568. The van der Waals surface area contributed by atoms with Gasteiger partial charge in [-0.15, -0.1) is 0 Å². The van der Waals surface area contributed by atoms with Crippen LogP contribution in [0.5, 0.6) is 5.75 Å². The average Bonchev–Trinajstić information content (AvgIpc) is 2.70. The molecule has 3 rings (SSSR count). The molecule has 0 aliphatic heterocycles. The van der Waals surface area contributed by atoms with E-state index >= 15 is 0 Å². The van der Waals surface area contributed by atoms with Crippen LogP contribution < -0.4 is 21.2 Å². The van der Waals surface area contributed by atoms with Gasteiger partial charge in [-0.1, -0.05) is 24.6 Å². The standard InChI is InChI=1S/C21H20N2O5/c1-3-10-27-16-9-8-15-11-17(21(26)28-18(15)12-16)20(25)23-22-19(24)14-6-4-13(2)5-7-14/h4-9,11-12H,3,10H2,1-2H3,(H,22,24)(H,23,25). The summed E-state index contributed by atoms with van der Waals surface area (Å²) < 4.78 is 10.7. The van der Waals surface area contributed by atoms with Gasteiger partial charge in [0.05, 0.1) is 6.61 Å². The molecule has 2 N–H and O–H groups in total. The topological polar surface area (TPSA) is 97.6 Å². The van der Waals surface area contributed by atoms with Crippen molar-refractivity contribution in [1.82, 2.24) is 10.9 Å². The number of fused-ring (bicyclic) bond motifs is 1. The summed E-state index contributed by atoms with van der Waals surface area (Å²) in [6.07, 6.45) is 0.857. The van der Waals surface area contributed by atoms with Crippen molar-refractivity contribution < 1.29 is 18.7 Å². The van der Waals surface area contributed by atoms with Crippen molar-refractivity contribution in [2.45, 2.75) is 20.3 Å². The zero-order valence-corrected chi connectivity index (χ0v) is 15.6. The predicted octanol–water partition coefficient (Wildman–Crippen LogP) is 2.97. The van der Waals surface area contributed by atoms with Gasteiger partial charge in [-0.25, -0.2) is 4.79 Å². The summed E-state index contributed by atoms with van der Waals surface area (Å²) in [6.45, 7) is 4.45. The number of rotatable bonds is 5. The molecule has 0 fully saturated rings. The van der Waals surface area contributed by atoms with E-state index in [1.165, 1.54) is 6.07 Å². The fourth-order valence-corrected chi connectivity index (χ4v) is 2.52. The predicted molar refractivity (Wildman–Crippen MR) is 104 cm³/mol. The minimum Gasteiger partial charge on any atom is -0.493 e. The van der Waals surface area contributed by atoms with E-state index in [4.69, 9.17) is 9.15 Å². The van der Waals surface area contributed by atoms with Crippen LogP contribution in [0.15, 0.2) is 57.7 Å². The molecule has 0 aliphatic carbocycles. The number of aryl methyl sites for hydroxylation is 1. The second kappa shape index (κ2) is 8.39. The molecule has 0 atom stereocenters. The quantitative estimate of drug-likeness (QED) is 0.524. The maximum atomic E-state index is 12.3. The van der Waals surface area contributed by atoms with E-state index in [1.54, 1.807) is 42.5 Å². The van der Waals surface area contributed by atoms with E-state index in [0.717, 1.165) is 12.0 Å². The second-order valence-corrected chi connectivity index (χ2v) is 6.27. The molecule has 144 valence electrons. The number of hydrogen-bond donors (Lipinski definition) is 2. The number of carbonyl (C=O) groups excluding carboxylic acids is 2. The molecule has 1 heterocycles. The van der Waals surface area contributed by atoms with Gasteiger partial charge >= 0.3 is 5.63 Å². The van der Waals surface area contributed by atoms with Crippen LogP contribution in [0.25, 0.3) is 11.0 Å². The first-order valence-electron chi connectivity index (χ1n) is 8.86. The molecular weight excluding hydrogens is 360 g/mol. The normalized spacial score (nSPS) is 10.5. The van der Waals surface area contributed by atoms with Crippen LogP contribution in [0.3, 0.4) is 0 Å². The maximum absolute atomic E-state index is 12.3. The third-order valence-electron chi connectivity index (χ3n) is 4.03. The van der Waals surface area contributed by atoms with Gasteiger partial charge in [-0.05, 0) is 43.7 Å². The molecule has 0 radical (unpaired) electrons. The minimum atomic E-state index is -0.803. The summed E-state index contributed by atoms with van der Waals surface area (Å²) in [5.74, 6) is -0.668. The van der Waals surface area contributed by atoms with Crippen LogP contribution >= 0.6 is 0 Å². The molecule has 2 aromatic carbocycles. The monoisotopic (exact) mass is 380 g/mol. The molecule has 0 saturated carbocycles. The molecule has 1 aromatic heterocycles. The Kier molecular flexibility index (Phi) is 5.74. The number of ether oxygens (including phenoxy) is 1. The highest BCUT2D eigenvalue weighted by molar-refractivity contribution is 6.00. The highest BCUT2D eigenvalue weighted by Gasteiger charge is 2.15. The van der Waals surface area contributed by atoms with Crippen molar-refractivity contribution in [2.75, 3.05) is 6.61 Å². The van der Waals surface area contributed by atoms with Crippen molar-refractivity contribution in [3.05, 3.63) is 75.6 Å². The van der Waals surface area contributed by atoms with Crippen LogP contribution in [0.4, 0.5) is 0 Å². The highest BCUT2D eigenvalue weighted by atomic mass is 16.5. The summed E-state index contributed by atoms with van der Waals surface area (Å²) >= 11 is 0. The third kappa shape index (κ3) is 4.37. The molecule has 0 unspecified atom stereocenters. The maximum Gasteiger partial charge on any atom is 0.349 e. The van der Waals surface area contributed by atoms with Gasteiger partial charge in [0.1, 0.15) is 16.9 Å². The lowest BCUT2D eigenvalue weighted by Crippen LogP contribution is -2.43. The Balaban J connectivity index is 1.74. The van der Waals surface area contributed by atoms with E-state index in [9.17, 15) is 14.4 Å². The van der Waals surface area contributed by atoms with Crippen molar-refractivity contribution in [1.29, 1.82) is 0 Å². The molecule has 0 saturated heterocycles. The summed E-state index contributed by atoms with van der Waals surface area (Å²) in [4.78, 5) is 36.5. The molecule has 0 bridgehead atoms. The van der Waals surface area contributed by atoms with Crippen molar-refractivity contribution in [2.24, 2.45) is 0 Å². The largest absolute Gasteiger partial charge is 0.493 e. The Morgan fingerprint density at radius 2 is 1.71 bits per heavy atom. The smallest absolute Gasteiger partial charge is 0.349 e. The van der Waals surface area contributed by atoms with E-state index in [-0.39, 0.29) is 5.56 Å². The lowest BCUT2D eigenvalue weighted by molar-refractivity contribution is 0.0844. The van der Waals surface area contributed by atoms with Gasteiger partial charge in [0.2, 0.25) is 0 Å². The zero-order valence-electron chi connectivity index (χ0n) is 15.6. The second-order valence-electron chi connectivity index (χ2n) is 6.27. The fourth-order valence-electron chi connectivity index (χ4n) is 2.52. The van der Waals surface area contributed by atoms with Gasteiger partial charge in [0.15, 0.2) is 0 Å². The number of hydrogen-bond acceptors (Lipinski definition) is 5. The van der Waals surface area contributed by atoms with Crippen molar-refractivity contribution in [3.8, 4) is 5.75 Å². The SMILES string of the molecule is CCCOc1ccc2cc(C(=O)NNC(=O)c3ccc(C)cc3)c(=O)oc2c1. The van der Waals surface area contributed by atoms with Crippen molar-refractivity contribution >= 4 is 22.8 Å². The van der Waals surface area contributed by atoms with Crippen molar-refractivity contribution in [3.63, 3.8) is 0 Å². The molecule has 0 aliphatic rings. The Hall–Kier alpha value is -3.61. The molecule has 7 heteroatoms. The van der Waals surface area contributed by atoms with Gasteiger partial charge in [-0.2, -0.15) is 0 Å². The van der Waals surface area contributed by atoms with Crippen LogP contribution in [-0.2, 0) is 0 Å². The lowest BCUT2D eigenvalue weighted by atomic mass is 10.1. The third-order valence-corrected chi connectivity index (χ3v) is 4.03. The van der Waals surface area contributed by atoms with E-state index in [1.807, 2.05) is 13.8 Å². The van der Waals surface area contributed by atoms with E-state index < -0.39 is 17.4 Å². The fraction of sp³-hybridized carbons (Fsp3) is 0.190. The Labute approximate surface area is 161 Å². The van der Waals surface area contributed by atoms with E-state index in [2.05, 4.69) is 10.9 Å². The number of carbonyl (C=O) groups is 2. The van der Waals surface area contributed by atoms with E-state index in [0.29, 0.717) is 28.9 Å². The molecular formula is C21H20N2O5. The lowest BCUT2D eigenvalue weighted by Gasteiger charge is -2.08. The number of hydrazine groups is 1. The molecule has 2 amide bonds. The van der Waals surface area contributed by atoms with Crippen LogP contribution in [0.1, 0.15) is 39.6 Å². The Bertz CT molecular complexity index is 1070. The summed E-state index contributed by atoms with van der Waals surface area (Å²) in [7, 11) is 0. The molecule has 7 nitrogen and oxygen atoms in total. The van der Waals surface area contributed by atoms with Gasteiger partial charge in [0, 0.05) is 17.0 Å². The number of benzene rings is 2. The number of amides is 2. The molecule has 3 aromatic rings. The first-order valence-corrected chi connectivity index (χ1v) is 8.86. The van der Waals surface area contributed by atoms with Gasteiger partial charge in [-0.3, -0.25) is 20.4 Å². The summed E-state index contributed by atoms with van der Waals surface area (Å²) in [5.41, 5.74) is 5.22. The average molecular weight is 380 g/mol. The molecule has 28 heavy (non-hydrogen) atoms. The van der Waals surface area contributed by atoms with Crippen LogP contribution in [-0.4, -0.2) is 18.4 Å². The highest BCUT2D eigenvalue weighted by Crippen LogP contribution is 2.20. The van der Waals surface area contributed by atoms with Crippen LogP contribution in [0.2, 0.25) is 0 Å². The Morgan fingerprint density at radius 1 is 1.00 bits per heavy atom. The van der Waals surface area contributed by atoms with Gasteiger partial charge in [0.25, 0.3) is 11.8 Å². The van der Waals surface area contributed by atoms with Gasteiger partial charge < -0.3 is 9.15 Å². The first-order chi connectivity index (χ1) is 13.5. The number of nitrogens with one attached hydrogen (secondary N) is 2. The summed E-state index contributed by atoms with van der Waals surface area (Å²) in [6, 6.07) is 13.3.